The lowest BCUT2D eigenvalue weighted by molar-refractivity contribution is 0.240. The van der Waals surface area contributed by atoms with E-state index in [1.165, 1.54) is 5.56 Å². The van der Waals surface area contributed by atoms with E-state index in [2.05, 4.69) is 20.9 Å². The standard InChI is InChI=1S/C21H26FN3O2.CH4.H2S/c1-13-8-16(10-19(23-13)26-3)9-15-4-6-25(12-15)14(2)20-18(22)11-17-5-7-27-21(17)24-20;;/h8,10-11,14-15H,4-7,9,12H2,1-3H3;1H4;1H2/t14-,15+;;/m0../s1. The molecule has 5 nitrogen and oxygen atoms in total. The molecule has 2 aromatic rings. The Bertz CT molecular complexity index is 849. The van der Waals surface area contributed by atoms with Crippen molar-refractivity contribution in [1.82, 2.24) is 14.9 Å². The van der Waals surface area contributed by atoms with Crippen molar-refractivity contribution in [2.75, 3.05) is 26.8 Å². The largest absolute Gasteiger partial charge is 0.481 e. The quantitative estimate of drug-likeness (QED) is 0.723. The Morgan fingerprint density at radius 1 is 1.31 bits per heavy atom. The van der Waals surface area contributed by atoms with Crippen molar-refractivity contribution in [2.24, 2.45) is 5.92 Å². The van der Waals surface area contributed by atoms with Crippen LogP contribution in [-0.4, -0.2) is 41.7 Å². The molecule has 2 aliphatic rings. The second-order valence-electron chi connectivity index (χ2n) is 7.61. The Hall–Kier alpha value is -1.86. The Balaban J connectivity index is 0.00000150. The smallest absolute Gasteiger partial charge is 0.217 e. The molecule has 0 bridgehead atoms. The molecule has 2 aromatic heterocycles. The highest BCUT2D eigenvalue weighted by Gasteiger charge is 2.30. The van der Waals surface area contributed by atoms with E-state index < -0.39 is 0 Å². The maximum atomic E-state index is 14.6. The van der Waals surface area contributed by atoms with Gasteiger partial charge in [-0.1, -0.05) is 7.43 Å². The number of hydrogen-bond donors (Lipinski definition) is 0. The molecular formula is C22H32FN3O2S. The third-order valence-electron chi connectivity index (χ3n) is 5.64. The molecule has 0 amide bonds. The van der Waals surface area contributed by atoms with Crippen molar-refractivity contribution in [3.8, 4) is 11.8 Å². The number of methoxy groups -OCH3 is 1. The highest BCUT2D eigenvalue weighted by molar-refractivity contribution is 7.59. The molecule has 0 radical (unpaired) electrons. The first-order valence-electron chi connectivity index (χ1n) is 9.61. The topological polar surface area (TPSA) is 47.5 Å². The first-order valence-corrected chi connectivity index (χ1v) is 9.61. The Kier molecular flexibility index (Phi) is 7.88. The third-order valence-corrected chi connectivity index (χ3v) is 5.64. The van der Waals surface area contributed by atoms with Crippen LogP contribution in [0.1, 0.15) is 49.3 Å². The van der Waals surface area contributed by atoms with Gasteiger partial charge in [-0.15, -0.1) is 0 Å². The van der Waals surface area contributed by atoms with Crippen LogP contribution in [0.25, 0.3) is 0 Å². The molecule has 2 aliphatic heterocycles. The fourth-order valence-corrected chi connectivity index (χ4v) is 4.19. The first kappa shape index (κ1) is 23.4. The molecule has 0 spiro atoms. The van der Waals surface area contributed by atoms with Crippen molar-refractivity contribution < 1.29 is 13.9 Å². The normalized spacial score (nSPS) is 19.0. The van der Waals surface area contributed by atoms with Gasteiger partial charge in [0.25, 0.3) is 0 Å². The van der Waals surface area contributed by atoms with Crippen LogP contribution in [0, 0.1) is 18.7 Å². The molecule has 160 valence electrons. The number of pyridine rings is 2. The van der Waals surface area contributed by atoms with Crippen LogP contribution in [0.4, 0.5) is 4.39 Å². The van der Waals surface area contributed by atoms with Gasteiger partial charge in [-0.3, -0.25) is 4.90 Å². The molecule has 0 aromatic carbocycles. The lowest BCUT2D eigenvalue weighted by Crippen LogP contribution is -2.26. The summed E-state index contributed by atoms with van der Waals surface area (Å²) in [5, 5.41) is 0. The third kappa shape index (κ3) is 5.01. The van der Waals surface area contributed by atoms with E-state index in [0.29, 0.717) is 30.0 Å². The molecule has 2 atom stereocenters. The Morgan fingerprint density at radius 3 is 2.86 bits per heavy atom. The van der Waals surface area contributed by atoms with E-state index in [9.17, 15) is 4.39 Å². The van der Waals surface area contributed by atoms with Gasteiger partial charge in [0.05, 0.1) is 25.5 Å². The zero-order valence-electron chi connectivity index (χ0n) is 16.7. The summed E-state index contributed by atoms with van der Waals surface area (Å²) in [6.07, 6.45) is 2.82. The number of ether oxygens (including phenoxy) is 2. The van der Waals surface area contributed by atoms with E-state index in [1.807, 2.05) is 19.9 Å². The zero-order valence-corrected chi connectivity index (χ0v) is 17.7. The van der Waals surface area contributed by atoms with Crippen molar-refractivity contribution in [2.45, 2.75) is 46.6 Å². The van der Waals surface area contributed by atoms with Crippen molar-refractivity contribution in [1.29, 1.82) is 0 Å². The molecule has 0 unspecified atom stereocenters. The first-order chi connectivity index (χ1) is 13.0. The average Bonchev–Trinajstić information content (AvgIpc) is 3.28. The van der Waals surface area contributed by atoms with Gasteiger partial charge in [-0.25, -0.2) is 14.4 Å². The van der Waals surface area contributed by atoms with Crippen molar-refractivity contribution >= 4 is 13.5 Å². The summed E-state index contributed by atoms with van der Waals surface area (Å²) in [5.74, 6) is 1.59. The highest BCUT2D eigenvalue weighted by atomic mass is 32.1. The van der Waals surface area contributed by atoms with Gasteiger partial charge >= 0.3 is 0 Å². The molecule has 4 heterocycles. The van der Waals surface area contributed by atoms with Crippen molar-refractivity contribution in [3.63, 3.8) is 0 Å². The number of fused-ring (bicyclic) bond motifs is 1. The summed E-state index contributed by atoms with van der Waals surface area (Å²) in [6.45, 7) is 6.50. The van der Waals surface area contributed by atoms with Crippen LogP contribution < -0.4 is 9.47 Å². The van der Waals surface area contributed by atoms with E-state index in [1.54, 1.807) is 13.2 Å². The fourth-order valence-electron chi connectivity index (χ4n) is 4.19. The number of aromatic nitrogens is 2. The molecule has 0 saturated carbocycles. The predicted molar refractivity (Wildman–Crippen MR) is 118 cm³/mol. The molecule has 0 aliphatic carbocycles. The average molecular weight is 422 g/mol. The minimum atomic E-state index is -0.218. The number of likely N-dealkylation sites (tertiary alicyclic amines) is 1. The lowest BCUT2D eigenvalue weighted by atomic mass is 9.99. The zero-order chi connectivity index (χ0) is 19.0. The summed E-state index contributed by atoms with van der Waals surface area (Å²) in [5.41, 5.74) is 3.59. The highest BCUT2D eigenvalue weighted by Crippen LogP contribution is 2.33. The number of hydrogen-bond acceptors (Lipinski definition) is 5. The van der Waals surface area contributed by atoms with E-state index in [-0.39, 0.29) is 32.8 Å². The van der Waals surface area contributed by atoms with E-state index >= 15 is 0 Å². The number of halogens is 1. The summed E-state index contributed by atoms with van der Waals surface area (Å²) in [4.78, 5) is 11.2. The summed E-state index contributed by atoms with van der Waals surface area (Å²) in [7, 11) is 1.65. The molecule has 29 heavy (non-hydrogen) atoms. The van der Waals surface area contributed by atoms with Gasteiger partial charge in [0.1, 0.15) is 5.82 Å². The van der Waals surface area contributed by atoms with Crippen molar-refractivity contribution in [3.05, 3.63) is 46.5 Å². The number of aryl methyl sites for hydroxylation is 1. The van der Waals surface area contributed by atoms with E-state index in [4.69, 9.17) is 9.47 Å². The monoisotopic (exact) mass is 421 g/mol. The van der Waals surface area contributed by atoms with Gasteiger partial charge < -0.3 is 9.47 Å². The number of rotatable bonds is 5. The SMILES string of the molecule is C.COc1cc(C[C@H]2CCN([C@@H](C)c3nc4c(cc3F)CCO4)C2)cc(C)n1.S. The molecule has 1 fully saturated rings. The molecule has 1 saturated heterocycles. The predicted octanol–water partition coefficient (Wildman–Crippen LogP) is 4.24. The fraction of sp³-hybridized carbons (Fsp3) is 0.545. The summed E-state index contributed by atoms with van der Waals surface area (Å²) >= 11 is 0. The van der Waals surface area contributed by atoms with Gasteiger partial charge in [0, 0.05) is 30.3 Å². The summed E-state index contributed by atoms with van der Waals surface area (Å²) in [6, 6.07) is 5.67. The molecule has 0 N–H and O–H groups in total. The van der Waals surface area contributed by atoms with Gasteiger partial charge in [0.2, 0.25) is 11.8 Å². The Labute approximate surface area is 180 Å². The summed E-state index contributed by atoms with van der Waals surface area (Å²) < 4.78 is 25.4. The van der Waals surface area contributed by atoms with E-state index in [0.717, 1.165) is 43.6 Å². The molecular weight excluding hydrogens is 389 g/mol. The Morgan fingerprint density at radius 2 is 2.10 bits per heavy atom. The second-order valence-corrected chi connectivity index (χ2v) is 7.61. The van der Waals surface area contributed by atoms with Crippen LogP contribution in [0.3, 0.4) is 0 Å². The maximum Gasteiger partial charge on any atom is 0.217 e. The van der Waals surface area contributed by atoms with Crippen LogP contribution >= 0.6 is 13.5 Å². The van der Waals surface area contributed by atoms with Crippen LogP contribution in [0.5, 0.6) is 11.8 Å². The maximum absolute atomic E-state index is 14.6. The second kappa shape index (κ2) is 9.76. The van der Waals surface area contributed by atoms with Crippen LogP contribution in [0.15, 0.2) is 18.2 Å². The number of nitrogens with zero attached hydrogens (tertiary/aromatic N) is 3. The van der Waals surface area contributed by atoms with Gasteiger partial charge in [0.15, 0.2) is 0 Å². The minimum Gasteiger partial charge on any atom is -0.481 e. The molecule has 7 heteroatoms. The van der Waals surface area contributed by atoms with Crippen LogP contribution in [-0.2, 0) is 12.8 Å². The van der Waals surface area contributed by atoms with Gasteiger partial charge in [-0.05, 0) is 56.8 Å². The van der Waals surface area contributed by atoms with Gasteiger partial charge in [-0.2, -0.15) is 13.5 Å². The lowest BCUT2D eigenvalue weighted by Gasteiger charge is -2.24. The minimum absolute atomic E-state index is 0. The van der Waals surface area contributed by atoms with Crippen LogP contribution in [0.2, 0.25) is 0 Å². The molecule has 4 rings (SSSR count).